The molecule has 0 amide bonds. The Bertz CT molecular complexity index is 517. The monoisotopic (exact) mass is 289 g/mol. The van der Waals surface area contributed by atoms with Gasteiger partial charge >= 0.3 is 0 Å². The number of benzene rings is 1. The molecule has 1 unspecified atom stereocenters. The standard InChI is InChI=1S/C13H20FNO3S/c1-4-15-12(7-8-19(3,16)17)10-5-6-13(18-2)11(14)9-10/h5-6,9,12,15H,4,7-8H2,1-3H3. The van der Waals surface area contributed by atoms with Crippen LogP contribution in [0.4, 0.5) is 4.39 Å². The summed E-state index contributed by atoms with van der Waals surface area (Å²) in [5.74, 6) is -0.192. The highest BCUT2D eigenvalue weighted by Crippen LogP contribution is 2.24. The Kier molecular flexibility index (Phi) is 5.75. The number of hydrogen-bond donors (Lipinski definition) is 1. The SMILES string of the molecule is CCNC(CCS(C)(=O)=O)c1ccc(OC)c(F)c1. The molecule has 1 N–H and O–H groups in total. The predicted molar refractivity (Wildman–Crippen MR) is 73.7 cm³/mol. The van der Waals surface area contributed by atoms with Gasteiger partial charge in [0.2, 0.25) is 0 Å². The van der Waals surface area contributed by atoms with Gasteiger partial charge in [0.05, 0.1) is 12.9 Å². The van der Waals surface area contributed by atoms with E-state index in [4.69, 9.17) is 4.74 Å². The zero-order valence-corrected chi connectivity index (χ0v) is 12.3. The van der Waals surface area contributed by atoms with E-state index in [2.05, 4.69) is 5.32 Å². The Morgan fingerprint density at radius 2 is 2.11 bits per heavy atom. The Morgan fingerprint density at radius 3 is 2.58 bits per heavy atom. The van der Waals surface area contributed by atoms with Crippen LogP contribution in [0.15, 0.2) is 18.2 Å². The predicted octanol–water partition coefficient (Wildman–Crippen LogP) is 1.92. The van der Waals surface area contributed by atoms with Crippen LogP contribution in [0.2, 0.25) is 0 Å². The number of hydrogen-bond acceptors (Lipinski definition) is 4. The molecule has 108 valence electrons. The van der Waals surface area contributed by atoms with Crippen molar-refractivity contribution in [1.82, 2.24) is 5.32 Å². The number of rotatable bonds is 7. The first-order chi connectivity index (χ1) is 8.87. The van der Waals surface area contributed by atoms with Crippen molar-refractivity contribution in [2.75, 3.05) is 25.7 Å². The Labute approximate surface area is 113 Å². The van der Waals surface area contributed by atoms with Gasteiger partial charge in [-0.2, -0.15) is 0 Å². The van der Waals surface area contributed by atoms with Gasteiger partial charge in [-0.25, -0.2) is 12.8 Å². The molecule has 0 saturated carbocycles. The lowest BCUT2D eigenvalue weighted by atomic mass is 10.0. The summed E-state index contributed by atoms with van der Waals surface area (Å²) in [7, 11) is -1.62. The Morgan fingerprint density at radius 1 is 1.42 bits per heavy atom. The van der Waals surface area contributed by atoms with Crippen LogP contribution >= 0.6 is 0 Å². The van der Waals surface area contributed by atoms with E-state index < -0.39 is 15.7 Å². The van der Waals surface area contributed by atoms with Crippen molar-refractivity contribution in [1.29, 1.82) is 0 Å². The molecule has 1 atom stereocenters. The highest BCUT2D eigenvalue weighted by atomic mass is 32.2. The van der Waals surface area contributed by atoms with Crippen LogP contribution in [0.25, 0.3) is 0 Å². The highest BCUT2D eigenvalue weighted by molar-refractivity contribution is 7.90. The summed E-state index contributed by atoms with van der Waals surface area (Å²) in [6, 6.07) is 4.50. The normalized spacial score (nSPS) is 13.3. The number of halogens is 1. The second-order valence-electron chi connectivity index (χ2n) is 4.42. The van der Waals surface area contributed by atoms with Crippen LogP contribution in [0, 0.1) is 5.82 Å². The third-order valence-corrected chi connectivity index (χ3v) is 3.78. The molecule has 19 heavy (non-hydrogen) atoms. The molecule has 0 aliphatic heterocycles. The smallest absolute Gasteiger partial charge is 0.165 e. The third kappa shape index (κ3) is 5.16. The summed E-state index contributed by atoms with van der Waals surface area (Å²) in [4.78, 5) is 0. The van der Waals surface area contributed by atoms with Crippen LogP contribution in [-0.2, 0) is 9.84 Å². The summed E-state index contributed by atoms with van der Waals surface area (Å²) in [6.45, 7) is 2.61. The summed E-state index contributed by atoms with van der Waals surface area (Å²) >= 11 is 0. The van der Waals surface area contributed by atoms with Crippen molar-refractivity contribution in [2.45, 2.75) is 19.4 Å². The molecular weight excluding hydrogens is 269 g/mol. The van der Waals surface area contributed by atoms with Crippen LogP contribution in [0.3, 0.4) is 0 Å². The molecule has 6 heteroatoms. The maximum atomic E-state index is 13.7. The van der Waals surface area contributed by atoms with Crippen LogP contribution in [0.5, 0.6) is 5.75 Å². The average molecular weight is 289 g/mol. The second kappa shape index (κ2) is 6.86. The van der Waals surface area contributed by atoms with Gasteiger partial charge in [-0.05, 0) is 30.7 Å². The molecule has 1 aromatic rings. The molecule has 0 bridgehead atoms. The van der Waals surface area contributed by atoms with Crippen molar-refractivity contribution < 1.29 is 17.5 Å². The van der Waals surface area contributed by atoms with Crippen LogP contribution in [-0.4, -0.2) is 34.1 Å². The largest absolute Gasteiger partial charge is 0.494 e. The number of nitrogens with one attached hydrogen (secondary N) is 1. The van der Waals surface area contributed by atoms with E-state index in [1.165, 1.54) is 19.4 Å². The van der Waals surface area contributed by atoms with Gasteiger partial charge in [-0.3, -0.25) is 0 Å². The van der Waals surface area contributed by atoms with E-state index in [0.717, 1.165) is 5.56 Å². The van der Waals surface area contributed by atoms with Gasteiger partial charge in [0.1, 0.15) is 9.84 Å². The number of sulfone groups is 1. The summed E-state index contributed by atoms with van der Waals surface area (Å²) in [5.41, 5.74) is 0.726. The first-order valence-electron chi connectivity index (χ1n) is 6.12. The van der Waals surface area contributed by atoms with E-state index in [9.17, 15) is 12.8 Å². The molecule has 4 nitrogen and oxygen atoms in total. The number of methoxy groups -OCH3 is 1. The third-order valence-electron chi connectivity index (χ3n) is 2.81. The molecular formula is C13H20FNO3S. The topological polar surface area (TPSA) is 55.4 Å². The fraction of sp³-hybridized carbons (Fsp3) is 0.538. The van der Waals surface area contributed by atoms with Gasteiger partial charge in [-0.1, -0.05) is 13.0 Å². The molecule has 0 heterocycles. The fourth-order valence-electron chi connectivity index (χ4n) is 1.86. The summed E-state index contributed by atoms with van der Waals surface area (Å²) in [6.07, 6.45) is 1.61. The molecule has 0 fully saturated rings. The molecule has 1 aromatic carbocycles. The zero-order valence-electron chi connectivity index (χ0n) is 11.4. The fourth-order valence-corrected chi connectivity index (χ4v) is 2.53. The molecule has 0 aliphatic rings. The molecule has 0 spiro atoms. The average Bonchev–Trinajstić information content (AvgIpc) is 2.33. The van der Waals surface area contributed by atoms with E-state index in [1.807, 2.05) is 6.92 Å². The second-order valence-corrected chi connectivity index (χ2v) is 6.68. The first-order valence-corrected chi connectivity index (χ1v) is 8.18. The lowest BCUT2D eigenvalue weighted by molar-refractivity contribution is 0.385. The van der Waals surface area contributed by atoms with Crippen LogP contribution < -0.4 is 10.1 Å². The first kappa shape index (κ1) is 15.9. The summed E-state index contributed by atoms with van der Waals surface area (Å²) in [5, 5.41) is 3.16. The van der Waals surface area contributed by atoms with Crippen molar-refractivity contribution in [2.24, 2.45) is 0 Å². The minimum Gasteiger partial charge on any atom is -0.494 e. The van der Waals surface area contributed by atoms with E-state index in [-0.39, 0.29) is 17.5 Å². The van der Waals surface area contributed by atoms with Gasteiger partial charge in [-0.15, -0.1) is 0 Å². The summed E-state index contributed by atoms with van der Waals surface area (Å²) < 4.78 is 41.0. The van der Waals surface area contributed by atoms with Gasteiger partial charge < -0.3 is 10.1 Å². The zero-order chi connectivity index (χ0) is 14.5. The van der Waals surface area contributed by atoms with Crippen LogP contribution in [0.1, 0.15) is 24.9 Å². The van der Waals surface area contributed by atoms with E-state index in [1.54, 1.807) is 12.1 Å². The molecule has 0 aliphatic carbocycles. The Balaban J connectivity index is 2.89. The lowest BCUT2D eigenvalue weighted by Gasteiger charge is -2.18. The lowest BCUT2D eigenvalue weighted by Crippen LogP contribution is -2.23. The minimum atomic E-state index is -3.03. The van der Waals surface area contributed by atoms with E-state index in [0.29, 0.717) is 13.0 Å². The van der Waals surface area contributed by atoms with Gasteiger partial charge in [0.25, 0.3) is 0 Å². The minimum absolute atomic E-state index is 0.0678. The van der Waals surface area contributed by atoms with Crippen molar-refractivity contribution >= 4 is 9.84 Å². The van der Waals surface area contributed by atoms with Crippen molar-refractivity contribution in [3.63, 3.8) is 0 Å². The van der Waals surface area contributed by atoms with Crippen molar-refractivity contribution in [3.05, 3.63) is 29.6 Å². The molecule has 0 aromatic heterocycles. The maximum absolute atomic E-state index is 13.7. The maximum Gasteiger partial charge on any atom is 0.165 e. The molecule has 1 rings (SSSR count). The Hall–Kier alpha value is -1.14. The molecule has 0 saturated heterocycles. The quantitative estimate of drug-likeness (QED) is 0.833. The number of ether oxygens (including phenoxy) is 1. The van der Waals surface area contributed by atoms with Crippen molar-refractivity contribution in [3.8, 4) is 5.75 Å². The van der Waals surface area contributed by atoms with E-state index >= 15 is 0 Å². The molecule has 0 radical (unpaired) electrons. The highest BCUT2D eigenvalue weighted by Gasteiger charge is 2.15. The van der Waals surface area contributed by atoms with Gasteiger partial charge in [0.15, 0.2) is 11.6 Å². The van der Waals surface area contributed by atoms with Gasteiger partial charge in [0, 0.05) is 12.3 Å².